The molecule has 1 aliphatic rings. The Bertz CT molecular complexity index is 586. The molecule has 2 nitrogen and oxygen atoms in total. The predicted octanol–water partition coefficient (Wildman–Crippen LogP) is 4.12. The maximum Gasteiger partial charge on any atom is 0.130 e. The van der Waals surface area contributed by atoms with Crippen molar-refractivity contribution in [3.8, 4) is 0 Å². The van der Waals surface area contributed by atoms with E-state index in [4.69, 9.17) is 0 Å². The number of rotatable bonds is 5. The van der Waals surface area contributed by atoms with Crippen molar-refractivity contribution in [3.05, 3.63) is 59.7 Å². The van der Waals surface area contributed by atoms with Crippen molar-refractivity contribution in [2.24, 2.45) is 0 Å². The van der Waals surface area contributed by atoms with Crippen molar-refractivity contribution in [2.75, 3.05) is 19.1 Å². The minimum atomic E-state index is -0.982. The average molecular weight is 346 g/mol. The van der Waals surface area contributed by atoms with Gasteiger partial charge in [-0.05, 0) is 67.3 Å². The summed E-state index contributed by atoms with van der Waals surface area (Å²) in [5, 5.41) is 15.2. The molecule has 4 heteroatoms. The van der Waals surface area contributed by atoms with Gasteiger partial charge in [-0.2, -0.15) is 0 Å². The van der Waals surface area contributed by atoms with Crippen LogP contribution in [-0.2, 0) is 5.60 Å². The Morgan fingerprint density at radius 3 is 1.74 bits per heavy atom. The number of hydrogen-bond donors (Lipinski definition) is 2. The van der Waals surface area contributed by atoms with Crippen molar-refractivity contribution in [1.82, 2.24) is 5.32 Å². The van der Waals surface area contributed by atoms with E-state index in [1.54, 1.807) is 23.5 Å². The molecule has 0 saturated carbocycles. The minimum Gasteiger partial charge on any atom is -0.379 e. The molecule has 23 heavy (non-hydrogen) atoms. The van der Waals surface area contributed by atoms with Crippen LogP contribution in [0.3, 0.4) is 0 Å². The summed E-state index contributed by atoms with van der Waals surface area (Å²) in [6, 6.07) is 16.7. The SMILES string of the molecule is CSc1ccc(C(O)(c2ccc(SC)cc2)[C@H]2CCCN2)cc1. The standard InChI is InChI=1S/C19H23NOS2/c1-22-16-9-5-14(6-10-16)19(21,18-4-3-13-20-18)15-7-11-17(23-2)12-8-15/h5-12,18,20-21H,3-4,13H2,1-2H3/t18-/m1/s1. The van der Waals surface area contributed by atoms with E-state index >= 15 is 0 Å². The van der Waals surface area contributed by atoms with Crippen LogP contribution in [0, 0.1) is 0 Å². The Hall–Kier alpha value is -0.940. The fourth-order valence-corrected chi connectivity index (χ4v) is 4.12. The Balaban J connectivity index is 2.04. The van der Waals surface area contributed by atoms with Crippen molar-refractivity contribution < 1.29 is 5.11 Å². The smallest absolute Gasteiger partial charge is 0.130 e. The molecule has 1 aliphatic heterocycles. The summed E-state index contributed by atoms with van der Waals surface area (Å²) >= 11 is 3.44. The van der Waals surface area contributed by atoms with Gasteiger partial charge in [-0.25, -0.2) is 0 Å². The lowest BCUT2D eigenvalue weighted by Gasteiger charge is -2.35. The Kier molecular flexibility index (Phi) is 5.37. The summed E-state index contributed by atoms with van der Waals surface area (Å²) in [6.45, 7) is 0.971. The average Bonchev–Trinajstić information content (AvgIpc) is 3.16. The molecule has 3 rings (SSSR count). The Morgan fingerprint density at radius 1 is 0.913 bits per heavy atom. The Morgan fingerprint density at radius 2 is 1.39 bits per heavy atom. The summed E-state index contributed by atoms with van der Waals surface area (Å²) in [4.78, 5) is 2.43. The topological polar surface area (TPSA) is 32.3 Å². The van der Waals surface area contributed by atoms with Crippen LogP contribution in [0.15, 0.2) is 58.3 Å². The van der Waals surface area contributed by atoms with E-state index in [1.807, 2.05) is 0 Å². The fourth-order valence-electron chi connectivity index (χ4n) is 3.30. The monoisotopic (exact) mass is 345 g/mol. The van der Waals surface area contributed by atoms with E-state index in [2.05, 4.69) is 66.4 Å². The molecule has 1 heterocycles. The van der Waals surface area contributed by atoms with Gasteiger partial charge in [0.25, 0.3) is 0 Å². The van der Waals surface area contributed by atoms with Gasteiger partial charge in [-0.3, -0.25) is 0 Å². The van der Waals surface area contributed by atoms with E-state index in [9.17, 15) is 5.11 Å². The highest BCUT2D eigenvalue weighted by molar-refractivity contribution is 7.98. The van der Waals surface area contributed by atoms with Crippen molar-refractivity contribution >= 4 is 23.5 Å². The first-order chi connectivity index (χ1) is 11.2. The molecular weight excluding hydrogens is 322 g/mol. The van der Waals surface area contributed by atoms with Crippen LogP contribution in [0.25, 0.3) is 0 Å². The van der Waals surface area contributed by atoms with Crippen LogP contribution in [0.5, 0.6) is 0 Å². The van der Waals surface area contributed by atoms with E-state index < -0.39 is 5.60 Å². The van der Waals surface area contributed by atoms with Gasteiger partial charge in [0.2, 0.25) is 0 Å². The summed E-state index contributed by atoms with van der Waals surface area (Å²) in [6.07, 6.45) is 6.24. The number of nitrogens with one attached hydrogen (secondary N) is 1. The highest BCUT2D eigenvalue weighted by Gasteiger charge is 2.41. The lowest BCUT2D eigenvalue weighted by atomic mass is 9.79. The third-order valence-electron chi connectivity index (χ3n) is 4.62. The summed E-state index contributed by atoms with van der Waals surface area (Å²) in [5.41, 5.74) is 0.947. The van der Waals surface area contributed by atoms with Gasteiger partial charge in [-0.1, -0.05) is 24.3 Å². The summed E-state index contributed by atoms with van der Waals surface area (Å²) in [5.74, 6) is 0. The third kappa shape index (κ3) is 3.31. The van der Waals surface area contributed by atoms with Gasteiger partial charge in [0, 0.05) is 15.8 Å². The number of aliphatic hydroxyl groups is 1. The maximum atomic E-state index is 11.7. The molecule has 0 radical (unpaired) electrons. The molecule has 1 atom stereocenters. The van der Waals surface area contributed by atoms with Crippen LogP contribution in [0.4, 0.5) is 0 Å². The first kappa shape index (κ1) is 16.9. The first-order valence-electron chi connectivity index (χ1n) is 7.93. The minimum absolute atomic E-state index is 0.0581. The molecule has 2 aromatic rings. The maximum absolute atomic E-state index is 11.7. The van der Waals surface area contributed by atoms with Crippen LogP contribution >= 0.6 is 23.5 Å². The van der Waals surface area contributed by atoms with Gasteiger partial charge in [0.15, 0.2) is 0 Å². The van der Waals surface area contributed by atoms with Gasteiger partial charge < -0.3 is 10.4 Å². The molecule has 0 spiro atoms. The first-order valence-corrected chi connectivity index (χ1v) is 10.4. The number of thioether (sulfide) groups is 2. The van der Waals surface area contributed by atoms with E-state index in [-0.39, 0.29) is 6.04 Å². The van der Waals surface area contributed by atoms with Gasteiger partial charge in [0.1, 0.15) is 5.60 Å². The molecule has 0 bridgehead atoms. The molecule has 2 N–H and O–H groups in total. The summed E-state index contributed by atoms with van der Waals surface area (Å²) in [7, 11) is 0. The molecule has 0 amide bonds. The predicted molar refractivity (Wildman–Crippen MR) is 100 cm³/mol. The second-order valence-corrected chi connectivity index (χ2v) is 7.63. The second kappa shape index (κ2) is 7.31. The van der Waals surface area contributed by atoms with Crippen LogP contribution in [0.1, 0.15) is 24.0 Å². The van der Waals surface area contributed by atoms with Gasteiger partial charge >= 0.3 is 0 Å². The molecule has 2 aromatic carbocycles. The normalized spacial score (nSPS) is 18.3. The lowest BCUT2D eigenvalue weighted by Crippen LogP contribution is -2.46. The Labute approximate surface area is 147 Å². The van der Waals surface area contributed by atoms with Crippen molar-refractivity contribution in [3.63, 3.8) is 0 Å². The fraction of sp³-hybridized carbons (Fsp3) is 0.368. The van der Waals surface area contributed by atoms with Crippen LogP contribution < -0.4 is 5.32 Å². The van der Waals surface area contributed by atoms with E-state index in [0.717, 1.165) is 30.5 Å². The van der Waals surface area contributed by atoms with Crippen LogP contribution in [0.2, 0.25) is 0 Å². The van der Waals surface area contributed by atoms with Gasteiger partial charge in [0.05, 0.1) is 0 Å². The summed E-state index contributed by atoms with van der Waals surface area (Å²) < 4.78 is 0. The molecular formula is C19H23NOS2. The highest BCUT2D eigenvalue weighted by Crippen LogP contribution is 2.37. The van der Waals surface area contributed by atoms with Crippen molar-refractivity contribution in [2.45, 2.75) is 34.3 Å². The van der Waals surface area contributed by atoms with Crippen molar-refractivity contribution in [1.29, 1.82) is 0 Å². The molecule has 0 aromatic heterocycles. The van der Waals surface area contributed by atoms with E-state index in [0.29, 0.717) is 0 Å². The second-order valence-electron chi connectivity index (χ2n) is 5.87. The number of hydrogen-bond acceptors (Lipinski definition) is 4. The molecule has 1 saturated heterocycles. The zero-order valence-electron chi connectivity index (χ0n) is 13.6. The number of benzene rings is 2. The van der Waals surface area contributed by atoms with E-state index in [1.165, 1.54) is 9.79 Å². The van der Waals surface area contributed by atoms with Gasteiger partial charge in [-0.15, -0.1) is 23.5 Å². The molecule has 1 fully saturated rings. The molecule has 122 valence electrons. The molecule has 0 aliphatic carbocycles. The largest absolute Gasteiger partial charge is 0.379 e. The third-order valence-corrected chi connectivity index (χ3v) is 6.11. The van der Waals surface area contributed by atoms with Crippen LogP contribution in [-0.4, -0.2) is 30.2 Å². The zero-order valence-corrected chi connectivity index (χ0v) is 15.2. The quantitative estimate of drug-likeness (QED) is 0.799. The zero-order chi connectivity index (χ0) is 16.3. The molecule has 0 unspecified atom stereocenters. The lowest BCUT2D eigenvalue weighted by molar-refractivity contribution is 0.0441. The highest BCUT2D eigenvalue weighted by atomic mass is 32.2.